The summed E-state index contributed by atoms with van der Waals surface area (Å²) in [5.74, 6) is -1.30. The van der Waals surface area contributed by atoms with Crippen molar-refractivity contribution in [3.8, 4) is 0 Å². The summed E-state index contributed by atoms with van der Waals surface area (Å²) in [5, 5.41) is 23.8. The number of hydrogen-bond donors (Lipinski definition) is 4. The number of carbonyl (C=O) groups is 2. The number of rotatable bonds is 2. The van der Waals surface area contributed by atoms with Gasteiger partial charge in [-0.3, -0.25) is 4.79 Å². The van der Waals surface area contributed by atoms with E-state index in [1.165, 1.54) is 19.2 Å². The van der Waals surface area contributed by atoms with E-state index in [4.69, 9.17) is 5.11 Å². The number of hydrogen-bond acceptors (Lipinski definition) is 5. The molecule has 1 aliphatic heterocycles. The standard InChI is InChI=1S/C12H13N3O4/c1-12(19)6-14-8-4-7(2-3-9(16)17)5-13-10(8)15-11(12)18/h2-5,14,19H,6H2,1H3,(H,16,17)(H,13,15,18). The van der Waals surface area contributed by atoms with Crippen LogP contribution in [0.2, 0.25) is 0 Å². The Balaban J connectivity index is 2.30. The van der Waals surface area contributed by atoms with Gasteiger partial charge in [-0.25, -0.2) is 9.78 Å². The summed E-state index contributed by atoms with van der Waals surface area (Å²) in [5.41, 5.74) is -0.430. The van der Waals surface area contributed by atoms with E-state index in [-0.39, 0.29) is 6.54 Å². The van der Waals surface area contributed by atoms with Crippen LogP contribution in [0.15, 0.2) is 18.3 Å². The lowest BCUT2D eigenvalue weighted by Crippen LogP contribution is -2.43. The maximum atomic E-state index is 11.7. The van der Waals surface area contributed by atoms with Crippen molar-refractivity contribution in [3.63, 3.8) is 0 Å². The van der Waals surface area contributed by atoms with E-state index in [2.05, 4.69) is 15.6 Å². The number of nitrogens with zero attached hydrogens (tertiary/aromatic N) is 1. The molecule has 19 heavy (non-hydrogen) atoms. The van der Waals surface area contributed by atoms with Crippen LogP contribution in [-0.4, -0.2) is 39.2 Å². The van der Waals surface area contributed by atoms with Gasteiger partial charge in [0.15, 0.2) is 11.4 Å². The van der Waals surface area contributed by atoms with E-state index in [9.17, 15) is 14.7 Å². The largest absolute Gasteiger partial charge is 0.478 e. The fourth-order valence-electron chi connectivity index (χ4n) is 1.56. The lowest BCUT2D eigenvalue weighted by molar-refractivity contribution is -0.131. The number of carboxylic acids is 1. The van der Waals surface area contributed by atoms with Crippen molar-refractivity contribution < 1.29 is 19.8 Å². The molecule has 1 atom stereocenters. The second kappa shape index (κ2) is 4.69. The Hall–Kier alpha value is -2.41. The van der Waals surface area contributed by atoms with Crippen LogP contribution < -0.4 is 10.6 Å². The monoisotopic (exact) mass is 263 g/mol. The van der Waals surface area contributed by atoms with Crippen LogP contribution in [0.3, 0.4) is 0 Å². The van der Waals surface area contributed by atoms with Gasteiger partial charge in [0, 0.05) is 12.3 Å². The SMILES string of the molecule is CC1(O)CNc2cc(C=CC(=O)O)cnc2NC1=O. The van der Waals surface area contributed by atoms with Gasteiger partial charge in [-0.1, -0.05) is 0 Å². The molecule has 100 valence electrons. The molecular weight excluding hydrogens is 250 g/mol. The highest BCUT2D eigenvalue weighted by molar-refractivity contribution is 6.00. The molecule has 0 saturated carbocycles. The number of anilines is 2. The molecule has 1 aliphatic rings. The van der Waals surface area contributed by atoms with Gasteiger partial charge in [0.2, 0.25) is 0 Å². The molecule has 7 heteroatoms. The van der Waals surface area contributed by atoms with Crippen molar-refractivity contribution in [2.24, 2.45) is 0 Å². The van der Waals surface area contributed by atoms with Gasteiger partial charge in [-0.05, 0) is 24.6 Å². The minimum Gasteiger partial charge on any atom is -0.478 e. The van der Waals surface area contributed by atoms with Crippen molar-refractivity contribution in [2.75, 3.05) is 17.2 Å². The molecule has 7 nitrogen and oxygen atoms in total. The second-order valence-electron chi connectivity index (χ2n) is 4.42. The third-order valence-electron chi connectivity index (χ3n) is 2.67. The topological polar surface area (TPSA) is 112 Å². The lowest BCUT2D eigenvalue weighted by atomic mass is 10.1. The predicted octanol–water partition coefficient (Wildman–Crippen LogP) is 0.294. The molecule has 0 aliphatic carbocycles. The zero-order chi connectivity index (χ0) is 14.0. The van der Waals surface area contributed by atoms with Crippen molar-refractivity contribution in [1.29, 1.82) is 0 Å². The average molecular weight is 263 g/mol. The Bertz CT molecular complexity index is 566. The van der Waals surface area contributed by atoms with Gasteiger partial charge in [-0.2, -0.15) is 0 Å². The smallest absolute Gasteiger partial charge is 0.328 e. The Kier molecular flexibility index (Phi) is 3.22. The van der Waals surface area contributed by atoms with Crippen LogP contribution in [0.5, 0.6) is 0 Å². The van der Waals surface area contributed by atoms with Crippen molar-refractivity contribution >= 4 is 29.5 Å². The first kappa shape index (κ1) is 13.0. The molecule has 0 saturated heterocycles. The summed E-state index contributed by atoms with van der Waals surface area (Å²) < 4.78 is 0. The number of amides is 1. The highest BCUT2D eigenvalue weighted by atomic mass is 16.4. The Morgan fingerprint density at radius 2 is 2.32 bits per heavy atom. The quantitative estimate of drug-likeness (QED) is 0.571. The van der Waals surface area contributed by atoms with E-state index in [0.29, 0.717) is 17.1 Å². The number of fused-ring (bicyclic) bond motifs is 1. The molecule has 2 heterocycles. The van der Waals surface area contributed by atoms with E-state index in [1.807, 2.05) is 0 Å². The number of carbonyl (C=O) groups excluding carboxylic acids is 1. The molecule has 0 radical (unpaired) electrons. The molecule has 4 N–H and O–H groups in total. The van der Waals surface area contributed by atoms with Gasteiger partial charge in [0.25, 0.3) is 5.91 Å². The highest BCUT2D eigenvalue weighted by Crippen LogP contribution is 2.25. The Morgan fingerprint density at radius 1 is 1.58 bits per heavy atom. The maximum absolute atomic E-state index is 11.7. The molecule has 2 rings (SSSR count). The Morgan fingerprint density at radius 3 is 3.00 bits per heavy atom. The number of β-amino-alcohol motifs (C(OH)–C–C–N with tert-alkyl or cyclic N) is 1. The zero-order valence-corrected chi connectivity index (χ0v) is 10.2. The minimum absolute atomic E-state index is 0.0413. The van der Waals surface area contributed by atoms with Crippen LogP contribution in [0.1, 0.15) is 12.5 Å². The summed E-state index contributed by atoms with van der Waals surface area (Å²) >= 11 is 0. The molecule has 1 unspecified atom stereocenters. The highest BCUT2D eigenvalue weighted by Gasteiger charge is 2.33. The molecule has 1 amide bonds. The van der Waals surface area contributed by atoms with Crippen molar-refractivity contribution in [3.05, 3.63) is 23.9 Å². The number of nitrogens with one attached hydrogen (secondary N) is 2. The van der Waals surface area contributed by atoms with Gasteiger partial charge in [-0.15, -0.1) is 0 Å². The zero-order valence-electron chi connectivity index (χ0n) is 10.2. The summed E-state index contributed by atoms with van der Waals surface area (Å²) in [6, 6.07) is 1.64. The minimum atomic E-state index is -1.53. The van der Waals surface area contributed by atoms with E-state index < -0.39 is 17.5 Å². The summed E-state index contributed by atoms with van der Waals surface area (Å²) in [7, 11) is 0. The molecular formula is C12H13N3O4. The molecule has 0 fully saturated rings. The van der Waals surface area contributed by atoms with Crippen LogP contribution >= 0.6 is 0 Å². The lowest BCUT2D eigenvalue weighted by Gasteiger charge is -2.18. The number of aliphatic hydroxyl groups is 1. The molecule has 1 aromatic heterocycles. The first-order valence-corrected chi connectivity index (χ1v) is 5.57. The van der Waals surface area contributed by atoms with Crippen LogP contribution in [0.4, 0.5) is 11.5 Å². The normalized spacial score (nSPS) is 22.3. The van der Waals surface area contributed by atoms with Gasteiger partial charge in [0.05, 0.1) is 12.2 Å². The molecule has 0 spiro atoms. The van der Waals surface area contributed by atoms with Crippen molar-refractivity contribution in [2.45, 2.75) is 12.5 Å². The number of carboxylic acid groups (broad SMARTS) is 1. The number of aromatic nitrogens is 1. The van der Waals surface area contributed by atoms with Gasteiger partial charge < -0.3 is 20.8 Å². The second-order valence-corrected chi connectivity index (χ2v) is 4.42. The fraction of sp³-hybridized carbons (Fsp3) is 0.250. The molecule has 0 aromatic carbocycles. The summed E-state index contributed by atoms with van der Waals surface area (Å²) in [4.78, 5) is 26.1. The van der Waals surface area contributed by atoms with E-state index in [1.54, 1.807) is 6.07 Å². The van der Waals surface area contributed by atoms with E-state index in [0.717, 1.165) is 6.08 Å². The first-order chi connectivity index (χ1) is 8.88. The summed E-state index contributed by atoms with van der Waals surface area (Å²) in [6.45, 7) is 1.44. The third kappa shape index (κ3) is 2.89. The third-order valence-corrected chi connectivity index (χ3v) is 2.67. The number of aliphatic carboxylic acids is 1. The first-order valence-electron chi connectivity index (χ1n) is 5.57. The van der Waals surface area contributed by atoms with Gasteiger partial charge in [0.1, 0.15) is 0 Å². The summed E-state index contributed by atoms with van der Waals surface area (Å²) in [6.07, 6.45) is 3.82. The van der Waals surface area contributed by atoms with Crippen molar-refractivity contribution in [1.82, 2.24) is 4.98 Å². The maximum Gasteiger partial charge on any atom is 0.328 e. The number of pyridine rings is 1. The fourth-order valence-corrected chi connectivity index (χ4v) is 1.56. The van der Waals surface area contributed by atoms with Crippen LogP contribution in [-0.2, 0) is 9.59 Å². The van der Waals surface area contributed by atoms with E-state index >= 15 is 0 Å². The van der Waals surface area contributed by atoms with Crippen LogP contribution in [0.25, 0.3) is 6.08 Å². The Labute approximate surface area is 109 Å². The van der Waals surface area contributed by atoms with Gasteiger partial charge >= 0.3 is 5.97 Å². The average Bonchev–Trinajstić information content (AvgIpc) is 2.45. The molecule has 0 bridgehead atoms. The molecule has 1 aromatic rings. The van der Waals surface area contributed by atoms with Crippen LogP contribution in [0, 0.1) is 0 Å². The predicted molar refractivity (Wildman–Crippen MR) is 68.7 cm³/mol.